The number of nitrogens with zero attached hydrogens (tertiary/aromatic N) is 1. The van der Waals surface area contributed by atoms with E-state index in [0.29, 0.717) is 11.7 Å². The highest BCUT2D eigenvalue weighted by Gasteiger charge is 2.43. The van der Waals surface area contributed by atoms with E-state index in [9.17, 15) is 19.2 Å². The lowest BCUT2D eigenvalue weighted by Crippen LogP contribution is -2.47. The molecule has 1 N–H and O–H groups in total. The molecule has 3 amide bonds. The van der Waals surface area contributed by atoms with Gasteiger partial charge in [0.15, 0.2) is 6.61 Å². The van der Waals surface area contributed by atoms with Crippen LogP contribution in [0.1, 0.15) is 59.7 Å². The molecule has 162 valence electrons. The number of hydrogen-bond donors (Lipinski definition) is 1. The van der Waals surface area contributed by atoms with Crippen LogP contribution in [0, 0.1) is 5.92 Å². The molecule has 1 aromatic carbocycles. The van der Waals surface area contributed by atoms with Gasteiger partial charge < -0.3 is 10.1 Å². The van der Waals surface area contributed by atoms with Gasteiger partial charge in [0, 0.05) is 6.04 Å². The van der Waals surface area contributed by atoms with Crippen molar-refractivity contribution in [1.29, 1.82) is 0 Å². The Hall–Kier alpha value is -2.35. The zero-order chi connectivity index (χ0) is 21.7. The van der Waals surface area contributed by atoms with E-state index in [2.05, 4.69) is 12.2 Å². The summed E-state index contributed by atoms with van der Waals surface area (Å²) in [5, 5.41) is 2.94. The summed E-state index contributed by atoms with van der Waals surface area (Å²) in [6.07, 6.45) is 6.38. The molecule has 1 saturated carbocycles. The van der Waals surface area contributed by atoms with Crippen molar-refractivity contribution < 1.29 is 23.9 Å². The van der Waals surface area contributed by atoms with Crippen molar-refractivity contribution in [3.63, 3.8) is 0 Å². The van der Waals surface area contributed by atoms with E-state index >= 15 is 0 Å². The molecule has 3 atom stereocenters. The van der Waals surface area contributed by atoms with Gasteiger partial charge >= 0.3 is 5.97 Å². The van der Waals surface area contributed by atoms with E-state index in [0.717, 1.165) is 24.2 Å². The average molecular weight is 433 g/mol. The quantitative estimate of drug-likeness (QED) is 0.501. The number of fused-ring (bicyclic) bond motifs is 1. The van der Waals surface area contributed by atoms with Gasteiger partial charge in [-0.25, -0.2) is 4.79 Å². The molecule has 2 aliphatic rings. The second-order valence-electron chi connectivity index (χ2n) is 7.87. The topological polar surface area (TPSA) is 92.8 Å². The van der Waals surface area contributed by atoms with Crippen LogP contribution in [0.3, 0.4) is 0 Å². The molecule has 7 nitrogen and oxygen atoms in total. The van der Waals surface area contributed by atoms with E-state index in [1.165, 1.54) is 18.2 Å². The van der Waals surface area contributed by atoms with E-state index in [1.54, 1.807) is 24.3 Å². The van der Waals surface area contributed by atoms with Gasteiger partial charge in [-0.3, -0.25) is 19.3 Å². The lowest BCUT2D eigenvalue weighted by Gasteiger charge is -2.29. The minimum Gasteiger partial charge on any atom is -0.454 e. The zero-order valence-electron chi connectivity index (χ0n) is 17.4. The molecule has 1 heterocycles. The van der Waals surface area contributed by atoms with Crippen LogP contribution in [0.2, 0.25) is 0 Å². The van der Waals surface area contributed by atoms with Crippen LogP contribution in [0.25, 0.3) is 0 Å². The van der Waals surface area contributed by atoms with Gasteiger partial charge in [0.05, 0.1) is 11.1 Å². The van der Waals surface area contributed by atoms with E-state index in [-0.39, 0.29) is 29.5 Å². The third kappa shape index (κ3) is 4.86. The Morgan fingerprint density at radius 3 is 2.40 bits per heavy atom. The zero-order valence-corrected chi connectivity index (χ0v) is 18.2. The Balaban J connectivity index is 1.64. The number of hydrogen-bond acceptors (Lipinski definition) is 6. The third-order valence-electron chi connectivity index (χ3n) is 5.81. The van der Waals surface area contributed by atoms with Crippen molar-refractivity contribution in [3.05, 3.63) is 35.4 Å². The summed E-state index contributed by atoms with van der Waals surface area (Å²) in [4.78, 5) is 51.6. The predicted octanol–water partition coefficient (Wildman–Crippen LogP) is 2.64. The van der Waals surface area contributed by atoms with Crippen LogP contribution in [0.4, 0.5) is 0 Å². The number of ether oxygens (including phenoxy) is 1. The van der Waals surface area contributed by atoms with Crippen LogP contribution in [0.15, 0.2) is 24.3 Å². The Labute approximate surface area is 180 Å². The maximum atomic E-state index is 12.8. The van der Waals surface area contributed by atoms with Gasteiger partial charge in [-0.2, -0.15) is 11.8 Å². The SMILES string of the molecule is CSCC[C@H](C(=O)OCC(=O)N[C@@H]1CCCC[C@H]1C)N1C(=O)c2ccccc2C1=O. The lowest BCUT2D eigenvalue weighted by molar-refractivity contribution is -0.152. The number of rotatable bonds is 8. The van der Waals surface area contributed by atoms with Crippen LogP contribution in [-0.2, 0) is 14.3 Å². The first-order chi connectivity index (χ1) is 14.4. The van der Waals surface area contributed by atoms with Crippen molar-refractivity contribution in [3.8, 4) is 0 Å². The maximum absolute atomic E-state index is 12.8. The summed E-state index contributed by atoms with van der Waals surface area (Å²) < 4.78 is 5.24. The smallest absolute Gasteiger partial charge is 0.329 e. The molecule has 0 bridgehead atoms. The van der Waals surface area contributed by atoms with Crippen LogP contribution >= 0.6 is 11.8 Å². The van der Waals surface area contributed by atoms with E-state index in [1.807, 2.05) is 6.26 Å². The van der Waals surface area contributed by atoms with Crippen molar-refractivity contribution in [2.75, 3.05) is 18.6 Å². The third-order valence-corrected chi connectivity index (χ3v) is 6.45. The normalized spacial score (nSPS) is 21.9. The molecule has 0 radical (unpaired) electrons. The number of benzene rings is 1. The molecule has 1 aliphatic carbocycles. The van der Waals surface area contributed by atoms with Crippen molar-refractivity contribution in [1.82, 2.24) is 10.2 Å². The highest BCUT2D eigenvalue weighted by atomic mass is 32.2. The Morgan fingerprint density at radius 2 is 1.80 bits per heavy atom. The Bertz CT molecular complexity index is 793. The summed E-state index contributed by atoms with van der Waals surface area (Å²) >= 11 is 1.50. The molecule has 1 fully saturated rings. The van der Waals surface area contributed by atoms with Crippen molar-refractivity contribution in [2.45, 2.75) is 51.1 Å². The minimum atomic E-state index is -1.05. The number of carbonyl (C=O) groups is 4. The standard InChI is InChI=1S/C22H28N2O5S/c1-14-7-3-6-10-17(14)23-19(25)13-29-22(28)18(11-12-30-2)24-20(26)15-8-4-5-9-16(15)21(24)27/h4-5,8-9,14,17-18H,3,6-7,10-13H2,1-2H3,(H,23,25)/t14-,17-,18-/m1/s1. The van der Waals surface area contributed by atoms with Gasteiger partial charge in [0.2, 0.25) is 0 Å². The second-order valence-corrected chi connectivity index (χ2v) is 8.85. The molecule has 3 rings (SSSR count). The molecule has 1 aliphatic heterocycles. The fourth-order valence-corrected chi connectivity index (χ4v) is 4.54. The average Bonchev–Trinajstić information content (AvgIpc) is 2.99. The Morgan fingerprint density at radius 1 is 1.17 bits per heavy atom. The number of thioether (sulfide) groups is 1. The number of esters is 1. The minimum absolute atomic E-state index is 0.0912. The first kappa shape index (κ1) is 22.3. The molecule has 1 aromatic rings. The van der Waals surface area contributed by atoms with Crippen LogP contribution in [0.5, 0.6) is 0 Å². The van der Waals surface area contributed by atoms with Crippen molar-refractivity contribution >= 4 is 35.5 Å². The van der Waals surface area contributed by atoms with E-state index < -0.39 is 30.4 Å². The second kappa shape index (κ2) is 10.1. The number of nitrogens with one attached hydrogen (secondary N) is 1. The molecule has 30 heavy (non-hydrogen) atoms. The number of amides is 3. The monoisotopic (exact) mass is 432 g/mol. The number of imide groups is 1. The molecule has 0 spiro atoms. The molecule has 0 unspecified atom stereocenters. The van der Waals surface area contributed by atoms with Crippen LogP contribution < -0.4 is 5.32 Å². The molecule has 0 aromatic heterocycles. The lowest BCUT2D eigenvalue weighted by atomic mass is 9.86. The summed E-state index contributed by atoms with van der Waals surface area (Å²) in [6.45, 7) is 1.69. The first-order valence-electron chi connectivity index (χ1n) is 10.4. The Kier molecular flexibility index (Phi) is 7.53. The first-order valence-corrected chi connectivity index (χ1v) is 11.7. The molecular weight excluding hydrogens is 404 g/mol. The fourth-order valence-electron chi connectivity index (χ4n) is 4.08. The highest BCUT2D eigenvalue weighted by molar-refractivity contribution is 7.98. The van der Waals surface area contributed by atoms with Gasteiger partial charge in [0.1, 0.15) is 6.04 Å². The predicted molar refractivity (Wildman–Crippen MR) is 114 cm³/mol. The van der Waals surface area contributed by atoms with Gasteiger partial charge in [-0.1, -0.05) is 31.9 Å². The summed E-state index contributed by atoms with van der Waals surface area (Å²) in [5.74, 6) is -1.12. The fraction of sp³-hybridized carbons (Fsp3) is 0.545. The molecule has 8 heteroatoms. The molecule has 0 saturated heterocycles. The largest absolute Gasteiger partial charge is 0.454 e. The van der Waals surface area contributed by atoms with Gasteiger partial charge in [0.25, 0.3) is 17.7 Å². The van der Waals surface area contributed by atoms with Crippen LogP contribution in [-0.4, -0.2) is 59.3 Å². The van der Waals surface area contributed by atoms with Gasteiger partial charge in [-0.15, -0.1) is 0 Å². The van der Waals surface area contributed by atoms with Crippen molar-refractivity contribution in [2.24, 2.45) is 5.92 Å². The molecular formula is C22H28N2O5S. The van der Waals surface area contributed by atoms with Gasteiger partial charge in [-0.05, 0) is 49.3 Å². The van der Waals surface area contributed by atoms with E-state index in [4.69, 9.17) is 4.74 Å². The summed E-state index contributed by atoms with van der Waals surface area (Å²) in [5.41, 5.74) is 0.571. The number of carbonyl (C=O) groups excluding carboxylic acids is 4. The summed E-state index contributed by atoms with van der Waals surface area (Å²) in [6, 6.07) is 5.55. The maximum Gasteiger partial charge on any atom is 0.329 e. The summed E-state index contributed by atoms with van der Waals surface area (Å²) in [7, 11) is 0. The highest BCUT2D eigenvalue weighted by Crippen LogP contribution is 2.27.